The van der Waals surface area contributed by atoms with Gasteiger partial charge in [-0.25, -0.2) is 0 Å². The topological polar surface area (TPSA) is 74.6 Å². The minimum Gasteiger partial charge on any atom is -0.481 e. The predicted molar refractivity (Wildman–Crippen MR) is 112 cm³/mol. The van der Waals surface area contributed by atoms with Gasteiger partial charge >= 0.3 is 5.97 Å². The monoisotopic (exact) mass is 404 g/mol. The molecule has 0 aromatic carbocycles. The van der Waals surface area contributed by atoms with E-state index in [4.69, 9.17) is 0 Å². The Morgan fingerprint density at radius 1 is 1.07 bits per heavy atom. The lowest BCUT2D eigenvalue weighted by Gasteiger charge is -2.62. The predicted octanol–water partition coefficient (Wildman–Crippen LogP) is 4.93. The number of aliphatic hydroxyl groups excluding tert-OH is 1. The van der Waals surface area contributed by atoms with E-state index in [1.54, 1.807) is 0 Å². The maximum Gasteiger partial charge on any atom is 0.303 e. The van der Waals surface area contributed by atoms with Gasteiger partial charge in [0.2, 0.25) is 0 Å². The third kappa shape index (κ3) is 3.11. The van der Waals surface area contributed by atoms with Gasteiger partial charge in [0.05, 0.1) is 6.10 Å². The maximum absolute atomic E-state index is 13.9. The zero-order valence-corrected chi connectivity index (χ0v) is 18.7. The van der Waals surface area contributed by atoms with Crippen molar-refractivity contribution in [2.75, 3.05) is 0 Å². The molecule has 0 radical (unpaired) electrons. The highest BCUT2D eigenvalue weighted by atomic mass is 16.4. The van der Waals surface area contributed by atoms with Gasteiger partial charge in [-0.15, -0.1) is 0 Å². The summed E-state index contributed by atoms with van der Waals surface area (Å²) < 4.78 is 0. The van der Waals surface area contributed by atoms with E-state index in [0.717, 1.165) is 51.4 Å². The number of carboxylic acid groups (broad SMARTS) is 1. The van der Waals surface area contributed by atoms with Gasteiger partial charge in [0.1, 0.15) is 5.78 Å². The highest BCUT2D eigenvalue weighted by Crippen LogP contribution is 2.68. The summed E-state index contributed by atoms with van der Waals surface area (Å²) in [4.78, 5) is 25.2. The molecule has 2 N–H and O–H groups in total. The summed E-state index contributed by atoms with van der Waals surface area (Å²) >= 11 is 0. The van der Waals surface area contributed by atoms with Crippen molar-refractivity contribution in [1.82, 2.24) is 0 Å². The second kappa shape index (κ2) is 7.35. The van der Waals surface area contributed by atoms with Crippen LogP contribution in [0.4, 0.5) is 0 Å². The van der Waals surface area contributed by atoms with Crippen LogP contribution in [0.3, 0.4) is 0 Å². The van der Waals surface area contributed by atoms with E-state index in [0.29, 0.717) is 29.5 Å². The average molecular weight is 405 g/mol. The fraction of sp³-hybridized carbons (Fsp3) is 0.920. The summed E-state index contributed by atoms with van der Waals surface area (Å²) in [6.07, 6.45) is 7.98. The molecule has 4 nitrogen and oxygen atoms in total. The summed E-state index contributed by atoms with van der Waals surface area (Å²) in [5.41, 5.74) is 0.270. The largest absolute Gasteiger partial charge is 0.481 e. The molecule has 4 rings (SSSR count). The van der Waals surface area contributed by atoms with Crippen molar-refractivity contribution in [2.24, 2.45) is 52.3 Å². The molecule has 0 heterocycles. The second-order valence-electron chi connectivity index (χ2n) is 11.5. The summed E-state index contributed by atoms with van der Waals surface area (Å²) in [6.45, 7) is 9.06. The number of fused-ring (bicyclic) bond motifs is 5. The summed E-state index contributed by atoms with van der Waals surface area (Å²) in [5, 5.41) is 19.7. The van der Waals surface area contributed by atoms with Crippen molar-refractivity contribution >= 4 is 11.8 Å². The Bertz CT molecular complexity index is 674. The summed E-state index contributed by atoms with van der Waals surface area (Å²) in [6, 6.07) is 0. The number of ketones is 1. The molecule has 0 bridgehead atoms. The van der Waals surface area contributed by atoms with Crippen LogP contribution in [0.15, 0.2) is 0 Å². The fourth-order valence-corrected chi connectivity index (χ4v) is 9.03. The zero-order valence-electron chi connectivity index (χ0n) is 18.7. The second-order valence-corrected chi connectivity index (χ2v) is 11.5. The van der Waals surface area contributed by atoms with E-state index >= 15 is 0 Å². The van der Waals surface area contributed by atoms with Crippen LogP contribution in [-0.2, 0) is 9.59 Å². The van der Waals surface area contributed by atoms with Gasteiger partial charge in [-0.05, 0) is 91.8 Å². The van der Waals surface area contributed by atoms with Crippen LogP contribution in [0, 0.1) is 52.3 Å². The summed E-state index contributed by atoms with van der Waals surface area (Å²) in [7, 11) is 0. The first kappa shape index (κ1) is 21.3. The SMILES string of the molecule is CC[C@H]1C(=O)C2C3CCC([C@H](C)CC(=O)O)[C@@]3(C)CCC2[C@@]2(C)CC[C@@H](O)C[C@@H]12. The molecule has 4 unspecified atom stereocenters. The Balaban J connectivity index is 1.67. The lowest BCUT2D eigenvalue weighted by molar-refractivity contribution is -0.173. The van der Waals surface area contributed by atoms with Crippen LogP contribution >= 0.6 is 0 Å². The van der Waals surface area contributed by atoms with E-state index in [2.05, 4.69) is 27.7 Å². The number of aliphatic carboxylic acids is 1. The number of Topliss-reactive ketones (excluding diaryl/α,β-unsaturated/α-hetero) is 1. The van der Waals surface area contributed by atoms with E-state index in [1.807, 2.05) is 0 Å². The lowest BCUT2D eigenvalue weighted by atomic mass is 9.42. The summed E-state index contributed by atoms with van der Waals surface area (Å²) in [5.74, 6) is 1.80. The van der Waals surface area contributed by atoms with Crippen molar-refractivity contribution in [3.8, 4) is 0 Å². The van der Waals surface area contributed by atoms with Gasteiger partial charge in [-0.2, -0.15) is 0 Å². The molecular formula is C25H40O4. The molecule has 0 aromatic rings. The minimum absolute atomic E-state index is 0.0917. The van der Waals surface area contributed by atoms with Crippen molar-refractivity contribution in [1.29, 1.82) is 0 Å². The van der Waals surface area contributed by atoms with Gasteiger partial charge in [0.15, 0.2) is 0 Å². The number of rotatable bonds is 4. The number of carbonyl (C=O) groups is 2. The third-order valence-corrected chi connectivity index (χ3v) is 10.4. The van der Waals surface area contributed by atoms with Gasteiger partial charge < -0.3 is 10.2 Å². The van der Waals surface area contributed by atoms with Crippen molar-refractivity contribution < 1.29 is 19.8 Å². The Morgan fingerprint density at radius 3 is 2.38 bits per heavy atom. The third-order valence-electron chi connectivity index (χ3n) is 10.4. The van der Waals surface area contributed by atoms with Crippen LogP contribution in [0.25, 0.3) is 0 Å². The van der Waals surface area contributed by atoms with E-state index in [1.165, 1.54) is 0 Å². The smallest absolute Gasteiger partial charge is 0.303 e. The number of hydrogen-bond donors (Lipinski definition) is 2. The van der Waals surface area contributed by atoms with Crippen molar-refractivity contribution in [2.45, 2.75) is 91.6 Å². The first-order chi connectivity index (χ1) is 13.6. The molecule has 4 fully saturated rings. The molecule has 0 saturated heterocycles. The average Bonchev–Trinajstić information content (AvgIpc) is 3.00. The standard InChI is InChI=1S/C25H40O4/c1-5-16-20-13-15(26)8-10-25(20,4)19-9-11-24(3)17(14(2)12-21(27)28)6-7-18(24)22(19)23(16)29/h14-20,22,26H,5-13H2,1-4H3,(H,27,28)/t14-,15-,16-,17?,18?,19?,20+,22?,24-,25-/m1/s1. The molecule has 10 atom stereocenters. The van der Waals surface area contributed by atoms with Crippen LogP contribution in [0.5, 0.6) is 0 Å². The number of aliphatic hydroxyl groups is 1. The highest BCUT2D eigenvalue weighted by molar-refractivity contribution is 5.86. The molecule has 164 valence electrons. The Kier molecular flexibility index (Phi) is 5.41. The number of carbonyl (C=O) groups excluding carboxylic acids is 1. The van der Waals surface area contributed by atoms with Crippen molar-refractivity contribution in [3.63, 3.8) is 0 Å². The molecule has 4 saturated carbocycles. The number of hydrogen-bond acceptors (Lipinski definition) is 3. The number of carboxylic acids is 1. The van der Waals surface area contributed by atoms with Crippen LogP contribution < -0.4 is 0 Å². The van der Waals surface area contributed by atoms with E-state index in [-0.39, 0.29) is 41.1 Å². The molecule has 0 amide bonds. The Labute approximate surface area is 175 Å². The molecule has 0 spiro atoms. The van der Waals surface area contributed by atoms with Crippen molar-refractivity contribution in [3.05, 3.63) is 0 Å². The first-order valence-electron chi connectivity index (χ1n) is 12.1. The molecule has 4 aliphatic carbocycles. The van der Waals surface area contributed by atoms with Gasteiger partial charge in [0.25, 0.3) is 0 Å². The maximum atomic E-state index is 13.9. The van der Waals surface area contributed by atoms with Gasteiger partial charge in [0, 0.05) is 18.3 Å². The van der Waals surface area contributed by atoms with E-state index in [9.17, 15) is 19.8 Å². The molecule has 0 aliphatic heterocycles. The fourth-order valence-electron chi connectivity index (χ4n) is 9.03. The normalized spacial score (nSPS) is 50.4. The molecular weight excluding hydrogens is 364 g/mol. The van der Waals surface area contributed by atoms with Crippen LogP contribution in [-0.4, -0.2) is 28.1 Å². The highest BCUT2D eigenvalue weighted by Gasteiger charge is 2.65. The minimum atomic E-state index is -0.700. The first-order valence-corrected chi connectivity index (χ1v) is 12.1. The molecule has 4 heteroatoms. The quantitative estimate of drug-likeness (QED) is 0.696. The molecule has 0 aromatic heterocycles. The van der Waals surface area contributed by atoms with Crippen LogP contribution in [0.1, 0.15) is 85.5 Å². The van der Waals surface area contributed by atoms with Gasteiger partial charge in [-0.1, -0.05) is 27.7 Å². The Morgan fingerprint density at radius 2 is 1.72 bits per heavy atom. The van der Waals surface area contributed by atoms with E-state index < -0.39 is 5.97 Å². The Hall–Kier alpha value is -0.900. The molecule has 4 aliphatic rings. The lowest BCUT2D eigenvalue weighted by Crippen LogP contribution is -2.60. The zero-order chi connectivity index (χ0) is 21.1. The van der Waals surface area contributed by atoms with Gasteiger partial charge in [-0.3, -0.25) is 9.59 Å². The van der Waals surface area contributed by atoms with Crippen LogP contribution in [0.2, 0.25) is 0 Å². The molecule has 29 heavy (non-hydrogen) atoms.